The Morgan fingerprint density at radius 3 is 2.70 bits per heavy atom. The molecule has 0 saturated heterocycles. The van der Waals surface area contributed by atoms with Crippen LogP contribution in [0.5, 0.6) is 0 Å². The van der Waals surface area contributed by atoms with Crippen LogP contribution in [0.25, 0.3) is 0 Å². The van der Waals surface area contributed by atoms with E-state index in [1.165, 1.54) is 6.42 Å². The van der Waals surface area contributed by atoms with Crippen molar-refractivity contribution in [3.05, 3.63) is 0 Å². The maximum absolute atomic E-state index is 6.90. The third kappa shape index (κ3) is 5.82. The van der Waals surface area contributed by atoms with Crippen molar-refractivity contribution in [2.75, 3.05) is 6.54 Å². The van der Waals surface area contributed by atoms with E-state index in [0.717, 1.165) is 18.9 Å². The Hall–Kier alpha value is -0.310. The molecule has 0 heterocycles. The molecule has 59 valence electrons. The predicted molar refractivity (Wildman–Crippen MR) is 47.8 cm³/mol. The lowest BCUT2D eigenvalue weighted by atomic mass is 10.1. The van der Waals surface area contributed by atoms with Gasteiger partial charge in [0.1, 0.15) is 0 Å². The molecule has 2 nitrogen and oxygen atoms in total. The van der Waals surface area contributed by atoms with Crippen LogP contribution >= 0.6 is 12.2 Å². The fraction of sp³-hybridized carbons (Fsp3) is 0.857. The Morgan fingerprint density at radius 1 is 1.70 bits per heavy atom. The zero-order chi connectivity index (χ0) is 7.98. The second-order valence-electron chi connectivity index (χ2n) is 2.56. The van der Waals surface area contributed by atoms with E-state index in [1.54, 1.807) is 0 Å². The quantitative estimate of drug-likeness (QED) is 0.632. The molecule has 0 spiro atoms. The lowest BCUT2D eigenvalue weighted by Crippen LogP contribution is -2.24. The van der Waals surface area contributed by atoms with E-state index < -0.39 is 0 Å². The van der Waals surface area contributed by atoms with E-state index in [9.17, 15) is 0 Å². The second kappa shape index (κ2) is 5.47. The number of hydrogen-bond acceptors (Lipinski definition) is 1. The Balaban J connectivity index is 3.11. The third-order valence-electron chi connectivity index (χ3n) is 1.62. The van der Waals surface area contributed by atoms with Crippen LogP contribution in [0.2, 0.25) is 0 Å². The highest BCUT2D eigenvalue weighted by Gasteiger charge is 1.96. The SMILES string of the molecule is CCC(C)CCNC([NH])=S. The van der Waals surface area contributed by atoms with Crippen molar-refractivity contribution in [1.82, 2.24) is 11.1 Å². The van der Waals surface area contributed by atoms with Crippen LogP contribution in [0.15, 0.2) is 0 Å². The zero-order valence-electron chi connectivity index (χ0n) is 6.61. The lowest BCUT2D eigenvalue weighted by molar-refractivity contribution is 0.512. The molecule has 0 bridgehead atoms. The van der Waals surface area contributed by atoms with Crippen LogP contribution in [0.4, 0.5) is 0 Å². The molecule has 0 rings (SSSR count). The van der Waals surface area contributed by atoms with Crippen LogP contribution < -0.4 is 11.1 Å². The Kier molecular flexibility index (Phi) is 5.30. The van der Waals surface area contributed by atoms with Crippen molar-refractivity contribution in [2.24, 2.45) is 5.92 Å². The van der Waals surface area contributed by atoms with Crippen LogP contribution in [-0.4, -0.2) is 11.7 Å². The van der Waals surface area contributed by atoms with Gasteiger partial charge in [-0.05, 0) is 24.6 Å². The number of nitrogens with one attached hydrogen (secondary N) is 2. The van der Waals surface area contributed by atoms with Crippen molar-refractivity contribution in [2.45, 2.75) is 26.7 Å². The minimum absolute atomic E-state index is 0.156. The average molecular weight is 159 g/mol. The molecule has 0 saturated carbocycles. The molecule has 1 atom stereocenters. The van der Waals surface area contributed by atoms with Crippen LogP contribution in [0.3, 0.4) is 0 Å². The van der Waals surface area contributed by atoms with Crippen LogP contribution in [0, 0.1) is 5.92 Å². The molecular formula is C7H15N2S. The molecule has 0 aromatic rings. The molecule has 0 aliphatic carbocycles. The van der Waals surface area contributed by atoms with E-state index in [0.29, 0.717) is 0 Å². The molecule has 0 fully saturated rings. The van der Waals surface area contributed by atoms with Crippen molar-refractivity contribution in [3.63, 3.8) is 0 Å². The van der Waals surface area contributed by atoms with Gasteiger partial charge in [-0.15, -0.1) is 0 Å². The highest BCUT2D eigenvalue weighted by atomic mass is 32.1. The normalized spacial score (nSPS) is 12.6. The number of rotatable bonds is 4. The standard InChI is InChI=1S/C7H15N2S/c1-3-6(2)4-5-9-7(8)10/h6,8H,3-5H2,1-2H3,(H,9,10). The fourth-order valence-corrected chi connectivity index (χ4v) is 0.738. The minimum Gasteiger partial charge on any atom is -0.361 e. The summed E-state index contributed by atoms with van der Waals surface area (Å²) in [6.07, 6.45) is 2.31. The van der Waals surface area contributed by atoms with E-state index in [1.807, 2.05) is 0 Å². The van der Waals surface area contributed by atoms with E-state index in [4.69, 9.17) is 5.73 Å². The van der Waals surface area contributed by atoms with Gasteiger partial charge >= 0.3 is 0 Å². The van der Waals surface area contributed by atoms with E-state index >= 15 is 0 Å². The van der Waals surface area contributed by atoms with Gasteiger partial charge in [-0.25, -0.2) is 0 Å². The van der Waals surface area contributed by atoms with Gasteiger partial charge < -0.3 is 5.32 Å². The second-order valence-corrected chi connectivity index (χ2v) is 2.97. The molecule has 1 unspecified atom stereocenters. The van der Waals surface area contributed by atoms with Gasteiger partial charge in [0.05, 0.1) is 0 Å². The van der Waals surface area contributed by atoms with Crippen LogP contribution in [0.1, 0.15) is 26.7 Å². The summed E-state index contributed by atoms with van der Waals surface area (Å²) in [5, 5.41) is 2.96. The summed E-state index contributed by atoms with van der Waals surface area (Å²) >= 11 is 4.54. The van der Waals surface area contributed by atoms with Crippen LogP contribution in [-0.2, 0) is 0 Å². The maximum atomic E-state index is 6.90. The molecule has 0 aliphatic heterocycles. The fourth-order valence-electron chi connectivity index (χ4n) is 0.636. The Bertz CT molecular complexity index is 104. The molecule has 10 heavy (non-hydrogen) atoms. The topological polar surface area (TPSA) is 35.8 Å². The first-order chi connectivity index (χ1) is 4.66. The van der Waals surface area contributed by atoms with Gasteiger partial charge in [0.25, 0.3) is 0 Å². The summed E-state index contributed by atoms with van der Waals surface area (Å²) in [4.78, 5) is 0. The molecular weight excluding hydrogens is 144 g/mol. The molecule has 2 N–H and O–H groups in total. The molecule has 0 aliphatic rings. The first-order valence-corrected chi connectivity index (χ1v) is 4.07. The van der Waals surface area contributed by atoms with Crippen molar-refractivity contribution >= 4 is 17.3 Å². The first kappa shape index (κ1) is 9.69. The minimum atomic E-state index is 0.156. The molecule has 0 amide bonds. The van der Waals surface area contributed by atoms with Gasteiger partial charge in [-0.3, -0.25) is 5.73 Å². The van der Waals surface area contributed by atoms with Crippen molar-refractivity contribution in [1.29, 1.82) is 0 Å². The number of thiocarbonyl (C=S) groups is 1. The molecule has 0 aromatic carbocycles. The highest BCUT2D eigenvalue weighted by Crippen LogP contribution is 2.03. The van der Waals surface area contributed by atoms with Gasteiger partial charge in [-0.1, -0.05) is 20.3 Å². The molecule has 1 radical (unpaired) electrons. The summed E-state index contributed by atoms with van der Waals surface area (Å²) in [6, 6.07) is 0. The summed E-state index contributed by atoms with van der Waals surface area (Å²) in [5.41, 5.74) is 6.90. The smallest absolute Gasteiger partial charge is 0.185 e. The highest BCUT2D eigenvalue weighted by molar-refractivity contribution is 7.80. The molecule has 3 heteroatoms. The van der Waals surface area contributed by atoms with E-state index in [2.05, 4.69) is 31.4 Å². The van der Waals surface area contributed by atoms with Gasteiger partial charge in [-0.2, -0.15) is 0 Å². The largest absolute Gasteiger partial charge is 0.361 e. The maximum Gasteiger partial charge on any atom is 0.185 e. The van der Waals surface area contributed by atoms with Crippen molar-refractivity contribution in [3.8, 4) is 0 Å². The van der Waals surface area contributed by atoms with Gasteiger partial charge in [0, 0.05) is 6.54 Å². The van der Waals surface area contributed by atoms with E-state index in [-0.39, 0.29) is 5.11 Å². The zero-order valence-corrected chi connectivity index (χ0v) is 7.42. The van der Waals surface area contributed by atoms with Crippen molar-refractivity contribution < 1.29 is 0 Å². The summed E-state index contributed by atoms with van der Waals surface area (Å²) in [6.45, 7) is 5.22. The summed E-state index contributed by atoms with van der Waals surface area (Å²) < 4.78 is 0. The summed E-state index contributed by atoms with van der Waals surface area (Å²) in [5.74, 6) is 0.738. The molecule has 0 aromatic heterocycles. The third-order valence-corrected chi connectivity index (χ3v) is 1.76. The first-order valence-electron chi connectivity index (χ1n) is 3.66. The Morgan fingerprint density at radius 2 is 2.30 bits per heavy atom. The van der Waals surface area contributed by atoms with Gasteiger partial charge in [0.15, 0.2) is 5.11 Å². The Labute approximate surface area is 68.2 Å². The van der Waals surface area contributed by atoms with Gasteiger partial charge in [0.2, 0.25) is 0 Å². The summed E-state index contributed by atoms with van der Waals surface area (Å²) in [7, 11) is 0. The number of hydrogen-bond donors (Lipinski definition) is 1. The monoisotopic (exact) mass is 159 g/mol. The predicted octanol–water partition coefficient (Wildman–Crippen LogP) is 1.58. The average Bonchev–Trinajstić information content (AvgIpc) is 1.87. The lowest BCUT2D eigenvalue weighted by Gasteiger charge is -2.07.